The highest BCUT2D eigenvalue weighted by atomic mass is 31.1. The predicted octanol–water partition coefficient (Wildman–Crippen LogP) is 5.36. The van der Waals surface area contributed by atoms with E-state index in [1.165, 1.54) is 5.57 Å². The van der Waals surface area contributed by atoms with Crippen LogP contribution in [0.1, 0.15) is 40.0 Å². The summed E-state index contributed by atoms with van der Waals surface area (Å²) in [5, 5.41) is 0. The average Bonchev–Trinajstić information content (AvgIpc) is 2.43. The molecule has 1 unspecified atom stereocenters. The fraction of sp³-hybridized carbons (Fsp3) is 0.467. The lowest BCUT2D eigenvalue weighted by Crippen LogP contribution is -2.04. The number of rotatable bonds is 3. The van der Waals surface area contributed by atoms with Crippen molar-refractivity contribution in [2.75, 3.05) is 0 Å². The normalized spacial score (nSPS) is 22.4. The van der Waals surface area contributed by atoms with Gasteiger partial charge in [0.15, 0.2) is 0 Å². The van der Waals surface area contributed by atoms with Gasteiger partial charge in [0.1, 0.15) is 5.76 Å². The van der Waals surface area contributed by atoms with Gasteiger partial charge in [-0.05, 0) is 36.8 Å². The van der Waals surface area contributed by atoms with Crippen LogP contribution in [0.5, 0.6) is 0 Å². The molecule has 0 aliphatic heterocycles. The minimum absolute atomic E-state index is 0.282. The molecule has 0 saturated carbocycles. The van der Waals surface area contributed by atoms with Crippen LogP contribution in [0.3, 0.4) is 0 Å². The van der Waals surface area contributed by atoms with Gasteiger partial charge in [0.25, 0.3) is 0 Å². The fourth-order valence-corrected chi connectivity index (χ4v) is 2.25. The molecule has 0 fully saturated rings. The molecule has 18 heavy (non-hydrogen) atoms. The van der Waals surface area contributed by atoms with Gasteiger partial charge in [0, 0.05) is 5.57 Å². The standard InChI is InChI=1S/C13H15O2P.C2H6/c1-10-7-8-12(13(9-10)15-16-14)11-5-3-2-4-6-11;1-2/h3,5-6,8-10H,2,4,7H2,1H3;1-2H3. The molecular formula is C15H21O2P. The van der Waals surface area contributed by atoms with E-state index in [1.54, 1.807) is 0 Å². The fourth-order valence-electron chi connectivity index (χ4n) is 2.01. The molecule has 2 rings (SSSR count). The van der Waals surface area contributed by atoms with Gasteiger partial charge in [-0.2, -0.15) is 0 Å². The minimum atomic E-state index is -0.282. The second-order valence-electron chi connectivity index (χ2n) is 4.17. The molecular weight excluding hydrogens is 243 g/mol. The molecule has 0 spiro atoms. The van der Waals surface area contributed by atoms with Gasteiger partial charge in [-0.3, -0.25) is 0 Å². The number of hydrogen-bond donors (Lipinski definition) is 0. The van der Waals surface area contributed by atoms with Gasteiger partial charge < -0.3 is 4.52 Å². The van der Waals surface area contributed by atoms with Gasteiger partial charge in [-0.15, -0.1) is 0 Å². The van der Waals surface area contributed by atoms with E-state index >= 15 is 0 Å². The third-order valence-corrected chi connectivity index (χ3v) is 3.11. The van der Waals surface area contributed by atoms with E-state index in [4.69, 9.17) is 4.52 Å². The third-order valence-electron chi connectivity index (χ3n) is 2.84. The zero-order valence-electron chi connectivity index (χ0n) is 11.3. The van der Waals surface area contributed by atoms with Crippen LogP contribution in [0.2, 0.25) is 0 Å². The summed E-state index contributed by atoms with van der Waals surface area (Å²) in [5.74, 6) is 1.20. The van der Waals surface area contributed by atoms with Gasteiger partial charge >= 0.3 is 8.69 Å². The van der Waals surface area contributed by atoms with E-state index in [9.17, 15) is 4.57 Å². The Morgan fingerprint density at radius 2 is 2.06 bits per heavy atom. The second kappa shape index (κ2) is 8.05. The summed E-state index contributed by atoms with van der Waals surface area (Å²) in [4.78, 5) is 0. The van der Waals surface area contributed by atoms with Gasteiger partial charge in [-0.25, -0.2) is 4.57 Å². The average molecular weight is 264 g/mol. The first kappa shape index (κ1) is 14.9. The lowest BCUT2D eigenvalue weighted by atomic mass is 9.90. The molecule has 2 aliphatic rings. The quantitative estimate of drug-likeness (QED) is 0.641. The van der Waals surface area contributed by atoms with Crippen molar-refractivity contribution in [2.24, 2.45) is 5.92 Å². The molecule has 1 atom stereocenters. The first-order valence-corrected chi connectivity index (χ1v) is 7.33. The van der Waals surface area contributed by atoms with E-state index in [0.717, 1.165) is 30.6 Å². The second-order valence-corrected chi connectivity index (χ2v) is 4.50. The van der Waals surface area contributed by atoms with Crippen molar-refractivity contribution in [1.29, 1.82) is 0 Å². The van der Waals surface area contributed by atoms with Crippen LogP contribution in [0.25, 0.3) is 0 Å². The molecule has 98 valence electrons. The Morgan fingerprint density at radius 3 is 2.67 bits per heavy atom. The van der Waals surface area contributed by atoms with Gasteiger partial charge in [0.05, 0.1) is 0 Å². The zero-order valence-corrected chi connectivity index (χ0v) is 12.2. The van der Waals surface area contributed by atoms with Crippen molar-refractivity contribution in [3.63, 3.8) is 0 Å². The highest BCUT2D eigenvalue weighted by molar-refractivity contribution is 7.17. The van der Waals surface area contributed by atoms with Crippen LogP contribution >= 0.6 is 8.69 Å². The summed E-state index contributed by atoms with van der Waals surface area (Å²) in [6.45, 7) is 6.13. The number of hydrogen-bond acceptors (Lipinski definition) is 2. The van der Waals surface area contributed by atoms with E-state index < -0.39 is 0 Å². The summed E-state index contributed by atoms with van der Waals surface area (Å²) in [7, 11) is -0.282. The summed E-state index contributed by atoms with van der Waals surface area (Å²) < 4.78 is 15.7. The molecule has 2 aliphatic carbocycles. The van der Waals surface area contributed by atoms with E-state index in [-0.39, 0.29) is 8.69 Å². The highest BCUT2D eigenvalue weighted by Crippen LogP contribution is 2.32. The Labute approximate surface area is 111 Å². The van der Waals surface area contributed by atoms with E-state index in [0.29, 0.717) is 5.92 Å². The van der Waals surface area contributed by atoms with Crippen LogP contribution in [-0.2, 0) is 9.09 Å². The predicted molar refractivity (Wildman–Crippen MR) is 76.4 cm³/mol. The molecule has 0 amide bonds. The van der Waals surface area contributed by atoms with E-state index in [2.05, 4.69) is 31.2 Å². The van der Waals surface area contributed by atoms with Crippen molar-refractivity contribution in [3.05, 3.63) is 47.3 Å². The Balaban J connectivity index is 0.000000771. The van der Waals surface area contributed by atoms with E-state index in [1.807, 2.05) is 19.9 Å². The molecule has 0 N–H and O–H groups in total. The van der Waals surface area contributed by atoms with Crippen molar-refractivity contribution in [2.45, 2.75) is 40.0 Å². The van der Waals surface area contributed by atoms with Crippen LogP contribution in [0, 0.1) is 5.92 Å². The Bertz CT molecular complexity index is 403. The molecule has 0 heterocycles. The monoisotopic (exact) mass is 264 g/mol. The highest BCUT2D eigenvalue weighted by Gasteiger charge is 2.17. The molecule has 0 aromatic rings. The zero-order chi connectivity index (χ0) is 13.4. The summed E-state index contributed by atoms with van der Waals surface area (Å²) >= 11 is 0. The van der Waals surface area contributed by atoms with Crippen LogP contribution in [0.15, 0.2) is 47.3 Å². The topological polar surface area (TPSA) is 26.3 Å². The first-order valence-electron chi connectivity index (χ1n) is 6.60. The maximum Gasteiger partial charge on any atom is 0.395 e. The lowest BCUT2D eigenvalue weighted by molar-refractivity contribution is 0.440. The van der Waals surface area contributed by atoms with Crippen LogP contribution in [-0.4, -0.2) is 0 Å². The van der Waals surface area contributed by atoms with Crippen molar-refractivity contribution in [3.8, 4) is 0 Å². The maximum absolute atomic E-state index is 10.6. The molecule has 0 aromatic heterocycles. The smallest absolute Gasteiger partial charge is 0.395 e. The minimum Gasteiger partial charge on any atom is -0.407 e. The SMILES string of the molecule is CC.CC1C=C(OP=O)C(C2=CCCC=C2)=CC1. The largest absolute Gasteiger partial charge is 0.407 e. The van der Waals surface area contributed by atoms with Gasteiger partial charge in [0.2, 0.25) is 0 Å². The van der Waals surface area contributed by atoms with Crippen molar-refractivity contribution < 1.29 is 9.09 Å². The summed E-state index contributed by atoms with van der Waals surface area (Å²) in [6, 6.07) is 0. The van der Waals surface area contributed by atoms with Crippen molar-refractivity contribution >= 4 is 8.69 Å². The molecule has 2 nitrogen and oxygen atoms in total. The van der Waals surface area contributed by atoms with Crippen LogP contribution in [0.4, 0.5) is 0 Å². The lowest BCUT2D eigenvalue weighted by Gasteiger charge is -2.19. The van der Waals surface area contributed by atoms with Crippen molar-refractivity contribution in [1.82, 2.24) is 0 Å². The molecule has 3 heteroatoms. The first-order chi connectivity index (χ1) is 8.81. The summed E-state index contributed by atoms with van der Waals surface area (Å²) in [6.07, 6.45) is 13.9. The molecule has 0 saturated heterocycles. The summed E-state index contributed by atoms with van der Waals surface area (Å²) in [5.41, 5.74) is 2.27. The molecule has 0 bridgehead atoms. The third kappa shape index (κ3) is 3.96. The van der Waals surface area contributed by atoms with Crippen LogP contribution < -0.4 is 0 Å². The molecule has 0 radical (unpaired) electrons. The number of allylic oxidation sites excluding steroid dienone is 6. The Hall–Kier alpha value is -1.14. The molecule has 0 aromatic carbocycles. The Morgan fingerprint density at radius 1 is 1.28 bits per heavy atom. The van der Waals surface area contributed by atoms with Gasteiger partial charge in [-0.1, -0.05) is 45.1 Å². The maximum atomic E-state index is 10.6. The Kier molecular flexibility index (Phi) is 6.67.